The van der Waals surface area contributed by atoms with Gasteiger partial charge >= 0.3 is 6.18 Å². The second kappa shape index (κ2) is 4.29. The molecule has 0 saturated heterocycles. The lowest BCUT2D eigenvalue weighted by Gasteiger charge is -2.16. The number of benzene rings is 1. The van der Waals surface area contributed by atoms with Crippen molar-refractivity contribution >= 4 is 39.1 Å². The van der Waals surface area contributed by atoms with Crippen LogP contribution in [0, 0.1) is 0 Å². The van der Waals surface area contributed by atoms with Crippen LogP contribution in [-0.4, -0.2) is 6.18 Å². The molecule has 14 heavy (non-hydrogen) atoms. The molecule has 0 spiro atoms. The highest BCUT2D eigenvalue weighted by molar-refractivity contribution is 9.09. The summed E-state index contributed by atoms with van der Waals surface area (Å²) in [5.74, 6) is 0. The van der Waals surface area contributed by atoms with Gasteiger partial charge in [0.05, 0.1) is 0 Å². The normalized spacial score (nSPS) is 14.1. The second-order valence-electron chi connectivity index (χ2n) is 2.54. The molecule has 6 heteroatoms. The molecular formula is C8H4BrCl2F3. The summed E-state index contributed by atoms with van der Waals surface area (Å²) in [6.07, 6.45) is -4.41. The minimum absolute atomic E-state index is 0.00306. The molecule has 0 fully saturated rings. The topological polar surface area (TPSA) is 0 Å². The molecule has 1 unspecified atom stereocenters. The summed E-state index contributed by atoms with van der Waals surface area (Å²) >= 11 is 13.7. The fourth-order valence-electron chi connectivity index (χ4n) is 0.916. The molecule has 0 amide bonds. The summed E-state index contributed by atoms with van der Waals surface area (Å²) in [7, 11) is 0. The molecule has 78 valence electrons. The molecule has 0 aromatic heterocycles. The van der Waals surface area contributed by atoms with E-state index in [0.29, 0.717) is 0 Å². The lowest BCUT2D eigenvalue weighted by atomic mass is 10.1. The lowest BCUT2D eigenvalue weighted by Crippen LogP contribution is -2.15. The van der Waals surface area contributed by atoms with E-state index in [9.17, 15) is 13.2 Å². The van der Waals surface area contributed by atoms with E-state index < -0.39 is 11.0 Å². The van der Waals surface area contributed by atoms with Crippen LogP contribution in [0.2, 0.25) is 10.0 Å². The quantitative estimate of drug-likeness (QED) is 0.641. The largest absolute Gasteiger partial charge is 0.405 e. The Morgan fingerprint density at radius 3 is 1.93 bits per heavy atom. The molecule has 0 heterocycles. The molecule has 0 aliphatic carbocycles. The van der Waals surface area contributed by atoms with Crippen LogP contribution >= 0.6 is 39.1 Å². The van der Waals surface area contributed by atoms with E-state index in [1.807, 2.05) is 0 Å². The Balaban J connectivity index is 3.19. The fourth-order valence-corrected chi connectivity index (χ4v) is 2.29. The van der Waals surface area contributed by atoms with Crippen LogP contribution in [0.25, 0.3) is 0 Å². The molecule has 1 aromatic carbocycles. The maximum Gasteiger partial charge on any atom is 0.405 e. The van der Waals surface area contributed by atoms with Gasteiger partial charge in [-0.3, -0.25) is 0 Å². The first-order valence-electron chi connectivity index (χ1n) is 3.48. The maximum absolute atomic E-state index is 12.3. The van der Waals surface area contributed by atoms with Crippen molar-refractivity contribution in [3.63, 3.8) is 0 Å². The number of rotatable bonds is 1. The van der Waals surface area contributed by atoms with Crippen LogP contribution < -0.4 is 0 Å². The smallest absolute Gasteiger partial charge is 0.169 e. The average molecular weight is 308 g/mol. The standard InChI is InChI=1S/C8H4BrCl2F3/c9-7(8(12,13)14)6-4(10)2-1-3-5(6)11/h1-3,7H. The van der Waals surface area contributed by atoms with Crippen molar-refractivity contribution < 1.29 is 13.2 Å². The Morgan fingerprint density at radius 2 is 1.57 bits per heavy atom. The first kappa shape index (κ1) is 12.1. The van der Waals surface area contributed by atoms with Crippen LogP contribution in [0.4, 0.5) is 13.2 Å². The number of alkyl halides is 4. The molecule has 1 aromatic rings. The van der Waals surface area contributed by atoms with Crippen molar-refractivity contribution in [1.29, 1.82) is 0 Å². The summed E-state index contributed by atoms with van der Waals surface area (Å²) in [5, 5.41) is -0.00611. The highest BCUT2D eigenvalue weighted by atomic mass is 79.9. The highest BCUT2D eigenvalue weighted by Gasteiger charge is 2.40. The van der Waals surface area contributed by atoms with Gasteiger partial charge in [0, 0.05) is 15.6 Å². The van der Waals surface area contributed by atoms with Crippen LogP contribution in [0.5, 0.6) is 0 Å². The molecule has 1 atom stereocenters. The third kappa shape index (κ3) is 2.55. The Kier molecular flexibility index (Phi) is 3.72. The molecule has 0 N–H and O–H groups in total. The third-order valence-electron chi connectivity index (χ3n) is 1.54. The first-order valence-corrected chi connectivity index (χ1v) is 5.16. The van der Waals surface area contributed by atoms with Crippen molar-refractivity contribution in [3.05, 3.63) is 33.8 Å². The van der Waals surface area contributed by atoms with Gasteiger partial charge < -0.3 is 0 Å². The van der Waals surface area contributed by atoms with Crippen molar-refractivity contribution in [2.24, 2.45) is 0 Å². The first-order chi connectivity index (χ1) is 6.34. The summed E-state index contributed by atoms with van der Waals surface area (Å²) in [5.41, 5.74) is -0.150. The van der Waals surface area contributed by atoms with Crippen LogP contribution in [0.15, 0.2) is 18.2 Å². The Hall–Kier alpha value is 0.0700. The Bertz CT molecular complexity index is 318. The van der Waals surface area contributed by atoms with E-state index in [4.69, 9.17) is 23.2 Å². The zero-order chi connectivity index (χ0) is 10.9. The molecule has 0 aliphatic rings. The monoisotopic (exact) mass is 306 g/mol. The minimum atomic E-state index is -4.41. The van der Waals surface area contributed by atoms with Crippen LogP contribution in [-0.2, 0) is 0 Å². The summed E-state index contributed by atoms with van der Waals surface area (Å²) in [6.45, 7) is 0. The van der Waals surface area contributed by atoms with Gasteiger partial charge in [0.2, 0.25) is 0 Å². The van der Waals surface area contributed by atoms with Crippen molar-refractivity contribution in [2.45, 2.75) is 11.0 Å². The molecule has 1 rings (SSSR count). The van der Waals surface area contributed by atoms with Gasteiger partial charge in [-0.25, -0.2) is 0 Å². The lowest BCUT2D eigenvalue weighted by molar-refractivity contribution is -0.128. The maximum atomic E-state index is 12.3. The zero-order valence-electron chi connectivity index (χ0n) is 6.58. The molecule has 0 nitrogen and oxygen atoms in total. The van der Waals surface area contributed by atoms with Crippen LogP contribution in [0.1, 0.15) is 10.4 Å². The number of hydrogen-bond acceptors (Lipinski definition) is 0. The zero-order valence-corrected chi connectivity index (χ0v) is 9.68. The Morgan fingerprint density at radius 1 is 1.14 bits per heavy atom. The van der Waals surface area contributed by atoms with Gasteiger partial charge in [-0.05, 0) is 12.1 Å². The predicted molar refractivity (Wildman–Crippen MR) is 54.2 cm³/mol. The highest BCUT2D eigenvalue weighted by Crippen LogP contribution is 2.45. The summed E-state index contributed by atoms with van der Waals surface area (Å²) in [4.78, 5) is -1.84. The molecule has 0 saturated carbocycles. The van der Waals surface area contributed by atoms with Gasteiger partial charge in [0.25, 0.3) is 0 Å². The van der Waals surface area contributed by atoms with Gasteiger partial charge in [-0.15, -0.1) is 0 Å². The molecule has 0 radical (unpaired) electrons. The number of hydrogen-bond donors (Lipinski definition) is 0. The predicted octanol–water partition coefficient (Wildman–Crippen LogP) is 4.99. The van der Waals surface area contributed by atoms with Crippen molar-refractivity contribution in [2.75, 3.05) is 0 Å². The Labute approximate surface area is 97.1 Å². The van der Waals surface area contributed by atoms with E-state index in [-0.39, 0.29) is 15.6 Å². The van der Waals surface area contributed by atoms with Gasteiger partial charge in [-0.1, -0.05) is 45.2 Å². The fraction of sp³-hybridized carbons (Fsp3) is 0.250. The van der Waals surface area contributed by atoms with Gasteiger partial charge in [0.15, 0.2) is 0 Å². The minimum Gasteiger partial charge on any atom is -0.169 e. The number of halogens is 6. The summed E-state index contributed by atoms with van der Waals surface area (Å²) in [6, 6.07) is 4.22. The van der Waals surface area contributed by atoms with Crippen molar-refractivity contribution in [1.82, 2.24) is 0 Å². The van der Waals surface area contributed by atoms with Gasteiger partial charge in [-0.2, -0.15) is 13.2 Å². The van der Waals surface area contributed by atoms with Crippen molar-refractivity contribution in [3.8, 4) is 0 Å². The van der Waals surface area contributed by atoms with E-state index in [0.717, 1.165) is 0 Å². The SMILES string of the molecule is FC(F)(F)C(Br)c1c(Cl)cccc1Cl. The third-order valence-corrected chi connectivity index (χ3v) is 3.18. The van der Waals surface area contributed by atoms with Crippen LogP contribution in [0.3, 0.4) is 0 Å². The van der Waals surface area contributed by atoms with Gasteiger partial charge in [0.1, 0.15) is 4.83 Å². The van der Waals surface area contributed by atoms with E-state index in [2.05, 4.69) is 15.9 Å². The molecule has 0 aliphatic heterocycles. The van der Waals surface area contributed by atoms with E-state index in [1.54, 1.807) is 0 Å². The van der Waals surface area contributed by atoms with E-state index >= 15 is 0 Å². The molecule has 0 bridgehead atoms. The van der Waals surface area contributed by atoms with E-state index in [1.165, 1.54) is 18.2 Å². The molecular weight excluding hydrogens is 304 g/mol. The summed E-state index contributed by atoms with van der Waals surface area (Å²) < 4.78 is 37.0. The average Bonchev–Trinajstić information content (AvgIpc) is 2.01. The second-order valence-corrected chi connectivity index (χ2v) is 4.27.